The van der Waals surface area contributed by atoms with Crippen LogP contribution in [-0.2, 0) is 16.6 Å². The van der Waals surface area contributed by atoms with Crippen LogP contribution in [0.25, 0.3) is 5.65 Å². The van der Waals surface area contributed by atoms with E-state index in [-0.39, 0.29) is 5.75 Å². The van der Waals surface area contributed by atoms with Gasteiger partial charge in [0.05, 0.1) is 23.8 Å². The molecule has 2 aromatic rings. The van der Waals surface area contributed by atoms with Crippen molar-refractivity contribution < 1.29 is 8.42 Å². The zero-order chi connectivity index (χ0) is 14.8. The van der Waals surface area contributed by atoms with E-state index in [0.29, 0.717) is 13.1 Å². The van der Waals surface area contributed by atoms with Crippen molar-refractivity contribution in [3.05, 3.63) is 28.9 Å². The summed E-state index contributed by atoms with van der Waals surface area (Å²) in [7, 11) is -0.0934. The average Bonchev–Trinajstić information content (AvgIpc) is 2.77. The molecule has 0 aliphatic heterocycles. The Morgan fingerprint density at radius 1 is 1.35 bits per heavy atom. The lowest BCUT2D eigenvalue weighted by Crippen LogP contribution is -2.31. The van der Waals surface area contributed by atoms with Crippen molar-refractivity contribution in [1.82, 2.24) is 24.0 Å². The van der Waals surface area contributed by atoms with Gasteiger partial charge in [0.25, 0.3) is 0 Å². The third kappa shape index (κ3) is 3.54. The molecule has 1 N–H and O–H groups in total. The Hall–Kier alpha value is -1.03. The van der Waals surface area contributed by atoms with Gasteiger partial charge in [0.15, 0.2) is 5.65 Å². The van der Waals surface area contributed by atoms with Crippen molar-refractivity contribution in [2.75, 3.05) is 26.4 Å². The van der Waals surface area contributed by atoms with Crippen molar-refractivity contribution >= 4 is 31.6 Å². The molecule has 2 heterocycles. The van der Waals surface area contributed by atoms with E-state index in [1.54, 1.807) is 12.4 Å². The number of aromatic nitrogens is 3. The van der Waals surface area contributed by atoms with Crippen LogP contribution in [0.3, 0.4) is 0 Å². The fraction of sp³-hybridized carbons (Fsp3) is 0.455. The maximum atomic E-state index is 11.6. The Bertz CT molecular complexity index is 698. The molecule has 2 rings (SSSR count). The summed E-state index contributed by atoms with van der Waals surface area (Å²) in [5.41, 5.74) is 1.70. The molecule has 0 bridgehead atoms. The van der Waals surface area contributed by atoms with Gasteiger partial charge in [-0.25, -0.2) is 22.7 Å². The lowest BCUT2D eigenvalue weighted by Gasteiger charge is -2.11. The molecule has 9 heteroatoms. The van der Waals surface area contributed by atoms with E-state index in [0.717, 1.165) is 15.9 Å². The van der Waals surface area contributed by atoms with Gasteiger partial charge < -0.3 is 5.32 Å². The topological polar surface area (TPSA) is 79.6 Å². The maximum Gasteiger partial charge on any atom is 0.214 e. The first-order valence-corrected chi connectivity index (χ1v) is 8.39. The predicted molar refractivity (Wildman–Crippen MR) is 79.9 cm³/mol. The number of nitrogens with one attached hydrogen (secondary N) is 1. The third-order valence-corrected chi connectivity index (χ3v) is 5.08. The summed E-state index contributed by atoms with van der Waals surface area (Å²) in [6, 6.07) is 0. The summed E-state index contributed by atoms with van der Waals surface area (Å²) in [5.74, 6) is 0.0714. The number of hydrogen-bond donors (Lipinski definition) is 1. The van der Waals surface area contributed by atoms with Crippen LogP contribution in [-0.4, -0.2) is 53.5 Å². The molecule has 0 fully saturated rings. The van der Waals surface area contributed by atoms with E-state index in [9.17, 15) is 8.42 Å². The van der Waals surface area contributed by atoms with Crippen LogP contribution in [0.1, 0.15) is 5.69 Å². The molecule has 0 radical (unpaired) electrons. The summed E-state index contributed by atoms with van der Waals surface area (Å²) in [5, 5.41) is 3.11. The standard InChI is InChI=1S/C11H16BrN5O2S/c1-16(2)20(18,19)4-3-13-5-9-6-15-11-7-14-10(12)8-17(9)11/h6-8,13H,3-5H2,1-2H3. The zero-order valence-electron chi connectivity index (χ0n) is 11.2. The van der Waals surface area contributed by atoms with Gasteiger partial charge in [0, 0.05) is 33.4 Å². The van der Waals surface area contributed by atoms with Crippen LogP contribution in [0, 0.1) is 0 Å². The molecule has 0 aliphatic carbocycles. The monoisotopic (exact) mass is 361 g/mol. The van der Waals surface area contributed by atoms with Gasteiger partial charge in [-0.05, 0) is 15.9 Å². The quantitative estimate of drug-likeness (QED) is 0.756. The molecule has 0 unspecified atom stereocenters. The van der Waals surface area contributed by atoms with Gasteiger partial charge in [0.1, 0.15) is 4.60 Å². The van der Waals surface area contributed by atoms with E-state index in [4.69, 9.17) is 0 Å². The maximum absolute atomic E-state index is 11.6. The second kappa shape index (κ2) is 6.17. The summed E-state index contributed by atoms with van der Waals surface area (Å²) in [4.78, 5) is 8.33. The second-order valence-electron chi connectivity index (χ2n) is 4.46. The van der Waals surface area contributed by atoms with Crippen molar-refractivity contribution in [3.8, 4) is 0 Å². The Kier molecular flexibility index (Phi) is 4.74. The van der Waals surface area contributed by atoms with Crippen LogP contribution in [0.2, 0.25) is 0 Å². The Labute approximate surface area is 126 Å². The first kappa shape index (κ1) is 15.4. The van der Waals surface area contributed by atoms with Crippen molar-refractivity contribution in [1.29, 1.82) is 0 Å². The fourth-order valence-corrected chi connectivity index (χ4v) is 2.72. The van der Waals surface area contributed by atoms with Crippen molar-refractivity contribution in [2.24, 2.45) is 0 Å². The molecule has 0 aromatic carbocycles. The molecule has 20 heavy (non-hydrogen) atoms. The van der Waals surface area contributed by atoms with Crippen molar-refractivity contribution in [3.63, 3.8) is 0 Å². The van der Waals surface area contributed by atoms with E-state index >= 15 is 0 Å². The number of hydrogen-bond acceptors (Lipinski definition) is 5. The minimum Gasteiger partial charge on any atom is -0.310 e. The third-order valence-electron chi connectivity index (χ3n) is 2.84. The lowest BCUT2D eigenvalue weighted by atomic mass is 10.4. The molecule has 0 atom stereocenters. The van der Waals surface area contributed by atoms with Gasteiger partial charge in [-0.15, -0.1) is 0 Å². The highest BCUT2D eigenvalue weighted by Gasteiger charge is 2.12. The molecule has 0 aliphatic rings. The predicted octanol–water partition coefficient (Wildman–Crippen LogP) is 0.473. The average molecular weight is 362 g/mol. The molecule has 2 aromatic heterocycles. The van der Waals surface area contributed by atoms with Crippen LogP contribution < -0.4 is 5.32 Å². The van der Waals surface area contributed by atoms with Crippen molar-refractivity contribution in [2.45, 2.75) is 6.54 Å². The molecule has 110 valence electrons. The minimum atomic E-state index is -3.16. The highest BCUT2D eigenvalue weighted by atomic mass is 79.9. The Balaban J connectivity index is 1.95. The van der Waals surface area contributed by atoms with E-state index < -0.39 is 10.0 Å². The molecule has 0 spiro atoms. The van der Waals surface area contributed by atoms with E-state index in [2.05, 4.69) is 31.2 Å². The molecule has 0 saturated carbocycles. The highest BCUT2D eigenvalue weighted by Crippen LogP contribution is 2.10. The van der Waals surface area contributed by atoms with Gasteiger partial charge in [0.2, 0.25) is 10.0 Å². The van der Waals surface area contributed by atoms with Crippen LogP contribution >= 0.6 is 15.9 Å². The molecular formula is C11H16BrN5O2S. The fourth-order valence-electron chi connectivity index (χ4n) is 1.65. The normalized spacial score (nSPS) is 12.4. The summed E-state index contributed by atoms with van der Waals surface area (Å²) < 4.78 is 27.1. The molecule has 0 saturated heterocycles. The number of sulfonamides is 1. The number of rotatable bonds is 6. The smallest absolute Gasteiger partial charge is 0.214 e. The number of nitrogens with zero attached hydrogens (tertiary/aromatic N) is 4. The SMILES string of the molecule is CN(C)S(=O)(=O)CCNCc1cnc2cnc(Br)cn12. The Morgan fingerprint density at radius 3 is 2.80 bits per heavy atom. The zero-order valence-corrected chi connectivity index (χ0v) is 13.6. The van der Waals surface area contributed by atoms with E-state index in [1.807, 2.05) is 10.6 Å². The van der Waals surface area contributed by atoms with Gasteiger partial charge in [-0.1, -0.05) is 0 Å². The van der Waals surface area contributed by atoms with Crippen LogP contribution in [0.15, 0.2) is 23.2 Å². The largest absolute Gasteiger partial charge is 0.310 e. The molecular weight excluding hydrogens is 346 g/mol. The molecule has 0 amide bonds. The van der Waals surface area contributed by atoms with Crippen LogP contribution in [0.4, 0.5) is 0 Å². The van der Waals surface area contributed by atoms with Crippen LogP contribution in [0.5, 0.6) is 0 Å². The molecule has 7 nitrogen and oxygen atoms in total. The van der Waals surface area contributed by atoms with Gasteiger partial charge >= 0.3 is 0 Å². The summed E-state index contributed by atoms with van der Waals surface area (Å²) in [6.45, 7) is 0.931. The number of fused-ring (bicyclic) bond motifs is 1. The number of imidazole rings is 1. The number of halogens is 1. The first-order valence-electron chi connectivity index (χ1n) is 5.98. The van der Waals surface area contributed by atoms with E-state index in [1.165, 1.54) is 18.4 Å². The summed E-state index contributed by atoms with van der Waals surface area (Å²) >= 11 is 3.31. The first-order chi connectivity index (χ1) is 9.40. The summed E-state index contributed by atoms with van der Waals surface area (Å²) in [6.07, 6.45) is 5.25. The second-order valence-corrected chi connectivity index (χ2v) is 7.58. The lowest BCUT2D eigenvalue weighted by molar-refractivity contribution is 0.517. The highest BCUT2D eigenvalue weighted by molar-refractivity contribution is 9.10. The van der Waals surface area contributed by atoms with Gasteiger partial charge in [-0.2, -0.15) is 0 Å². The Morgan fingerprint density at radius 2 is 2.10 bits per heavy atom. The minimum absolute atomic E-state index is 0.0714. The van der Waals surface area contributed by atoms with Gasteiger partial charge in [-0.3, -0.25) is 4.40 Å².